The van der Waals surface area contributed by atoms with Crippen molar-refractivity contribution in [2.24, 2.45) is 0 Å². The smallest absolute Gasteiger partial charge is 0.273 e. The van der Waals surface area contributed by atoms with E-state index in [4.69, 9.17) is 4.74 Å². The Kier molecular flexibility index (Phi) is 6.75. The van der Waals surface area contributed by atoms with Crippen molar-refractivity contribution in [2.75, 3.05) is 26.0 Å². The second kappa shape index (κ2) is 8.84. The van der Waals surface area contributed by atoms with Gasteiger partial charge < -0.3 is 10.1 Å². The summed E-state index contributed by atoms with van der Waals surface area (Å²) in [5.74, 6) is 0.0314. The fourth-order valence-corrected chi connectivity index (χ4v) is 2.81. The van der Waals surface area contributed by atoms with Crippen molar-refractivity contribution in [1.29, 1.82) is 0 Å². The predicted molar refractivity (Wildman–Crippen MR) is 110 cm³/mol. The highest BCUT2D eigenvalue weighted by Crippen LogP contribution is 2.29. The topological polar surface area (TPSA) is 84.7 Å². The highest BCUT2D eigenvalue weighted by atomic mass is 16.6. The number of anilines is 1. The molecule has 0 heterocycles. The number of nitrogens with one attached hydrogen (secondary N) is 1. The Morgan fingerprint density at radius 1 is 1.18 bits per heavy atom. The van der Waals surface area contributed by atoms with Crippen LogP contribution < -0.4 is 10.1 Å². The number of amides is 1. The average Bonchev–Trinajstić information content (AvgIpc) is 2.61. The quantitative estimate of drug-likeness (QED) is 0.576. The second-order valence-corrected chi connectivity index (χ2v) is 7.81. The lowest BCUT2D eigenvalue weighted by Gasteiger charge is -2.20. The van der Waals surface area contributed by atoms with Gasteiger partial charge in [-0.15, -0.1) is 0 Å². The lowest BCUT2D eigenvalue weighted by atomic mass is 9.87. The van der Waals surface area contributed by atoms with E-state index in [9.17, 15) is 14.9 Å². The molecule has 150 valence electrons. The molecule has 2 rings (SSSR count). The molecule has 7 nitrogen and oxygen atoms in total. The molecule has 0 unspecified atom stereocenters. The molecule has 28 heavy (non-hydrogen) atoms. The molecule has 0 spiro atoms. The maximum Gasteiger partial charge on any atom is 0.273 e. The van der Waals surface area contributed by atoms with Gasteiger partial charge in [-0.25, -0.2) is 0 Å². The van der Waals surface area contributed by atoms with Crippen LogP contribution in [0, 0.1) is 10.1 Å². The zero-order valence-electron chi connectivity index (χ0n) is 17.0. The summed E-state index contributed by atoms with van der Waals surface area (Å²) in [6, 6.07) is 12.5. The molecule has 2 aromatic carbocycles. The lowest BCUT2D eigenvalue weighted by Crippen LogP contribution is -2.30. The molecular formula is C21H27N3O4. The van der Waals surface area contributed by atoms with Gasteiger partial charge in [-0.2, -0.15) is 0 Å². The third kappa shape index (κ3) is 5.79. The molecule has 1 N–H and O–H groups in total. The fourth-order valence-electron chi connectivity index (χ4n) is 2.81. The number of carbonyl (C=O) groups is 1. The Balaban J connectivity index is 1.96. The van der Waals surface area contributed by atoms with Crippen LogP contribution in [0.3, 0.4) is 0 Å². The average molecular weight is 385 g/mol. The van der Waals surface area contributed by atoms with Gasteiger partial charge in [0.2, 0.25) is 5.91 Å². The molecule has 0 fully saturated rings. The van der Waals surface area contributed by atoms with Crippen LogP contribution in [-0.4, -0.2) is 36.4 Å². The van der Waals surface area contributed by atoms with E-state index in [-0.39, 0.29) is 29.3 Å². The highest BCUT2D eigenvalue weighted by Gasteiger charge is 2.15. The normalized spacial score (nSPS) is 11.4. The van der Waals surface area contributed by atoms with Crippen molar-refractivity contribution in [1.82, 2.24) is 4.90 Å². The van der Waals surface area contributed by atoms with Crippen LogP contribution >= 0.6 is 0 Å². The number of non-ortho nitro benzene ring substituents is 1. The SMILES string of the molecule is COc1cc([N+](=O)[O-])ccc1NC(=O)CN(C)Cc1ccc(C(C)(C)C)cc1. The van der Waals surface area contributed by atoms with Gasteiger partial charge in [0.1, 0.15) is 5.75 Å². The summed E-state index contributed by atoms with van der Waals surface area (Å²) in [6.07, 6.45) is 0. The third-order valence-corrected chi connectivity index (χ3v) is 4.36. The maximum absolute atomic E-state index is 12.3. The summed E-state index contributed by atoms with van der Waals surface area (Å²) in [7, 11) is 3.27. The molecule has 0 aliphatic heterocycles. The van der Waals surface area contributed by atoms with Crippen LogP contribution in [-0.2, 0) is 16.8 Å². The van der Waals surface area contributed by atoms with Crippen LogP contribution in [0.1, 0.15) is 31.9 Å². The molecule has 0 aromatic heterocycles. The minimum Gasteiger partial charge on any atom is -0.494 e. The molecular weight excluding hydrogens is 358 g/mol. The molecule has 0 aliphatic carbocycles. The summed E-state index contributed by atoms with van der Waals surface area (Å²) in [4.78, 5) is 24.6. The zero-order chi connectivity index (χ0) is 20.9. The van der Waals surface area contributed by atoms with Gasteiger partial charge in [0.15, 0.2) is 0 Å². The van der Waals surface area contributed by atoms with E-state index in [2.05, 4.69) is 50.4 Å². The van der Waals surface area contributed by atoms with Crippen molar-refractivity contribution in [3.8, 4) is 5.75 Å². The number of nitrogens with zero attached hydrogens (tertiary/aromatic N) is 2. The van der Waals surface area contributed by atoms with Crippen molar-refractivity contribution in [3.05, 3.63) is 63.7 Å². The molecule has 0 saturated carbocycles. The van der Waals surface area contributed by atoms with Crippen LogP contribution in [0.5, 0.6) is 5.75 Å². The number of nitro groups is 1. The number of methoxy groups -OCH3 is 1. The third-order valence-electron chi connectivity index (χ3n) is 4.36. The van der Waals surface area contributed by atoms with E-state index in [0.29, 0.717) is 12.2 Å². The van der Waals surface area contributed by atoms with Gasteiger partial charge in [-0.05, 0) is 29.7 Å². The molecule has 1 amide bonds. The maximum atomic E-state index is 12.3. The number of hydrogen-bond acceptors (Lipinski definition) is 5. The van der Waals surface area contributed by atoms with Gasteiger partial charge in [0, 0.05) is 12.6 Å². The second-order valence-electron chi connectivity index (χ2n) is 7.81. The molecule has 0 radical (unpaired) electrons. The number of nitro benzene ring substituents is 1. The van der Waals surface area contributed by atoms with Crippen molar-refractivity contribution in [3.63, 3.8) is 0 Å². The van der Waals surface area contributed by atoms with Gasteiger partial charge in [-0.3, -0.25) is 19.8 Å². The molecule has 2 aromatic rings. The Bertz CT molecular complexity index is 842. The van der Waals surface area contributed by atoms with E-state index in [1.165, 1.54) is 30.9 Å². The zero-order valence-corrected chi connectivity index (χ0v) is 17.0. The molecule has 0 aliphatic rings. The number of likely N-dealkylation sites (N-methyl/N-ethyl adjacent to an activating group) is 1. The van der Waals surface area contributed by atoms with E-state index < -0.39 is 4.92 Å². The predicted octanol–water partition coefficient (Wildman–Crippen LogP) is 3.97. The number of rotatable bonds is 7. The number of benzene rings is 2. The number of ether oxygens (including phenoxy) is 1. The van der Waals surface area contributed by atoms with Crippen LogP contribution in [0.15, 0.2) is 42.5 Å². The summed E-state index contributed by atoms with van der Waals surface area (Å²) in [5, 5.41) is 13.6. The molecule has 0 saturated heterocycles. The first-order valence-corrected chi connectivity index (χ1v) is 9.00. The van der Waals surface area contributed by atoms with Crippen molar-refractivity contribution >= 4 is 17.3 Å². The Morgan fingerprint density at radius 3 is 2.36 bits per heavy atom. The van der Waals surface area contributed by atoms with Crippen LogP contribution in [0.4, 0.5) is 11.4 Å². The lowest BCUT2D eigenvalue weighted by molar-refractivity contribution is -0.384. The monoisotopic (exact) mass is 385 g/mol. The first kappa shape index (κ1) is 21.4. The Labute approximate surface area is 165 Å². The van der Waals surface area contributed by atoms with Gasteiger partial charge in [-0.1, -0.05) is 45.0 Å². The Hall–Kier alpha value is -2.93. The Morgan fingerprint density at radius 2 is 1.82 bits per heavy atom. The molecule has 0 bridgehead atoms. The number of carbonyl (C=O) groups excluding carboxylic acids is 1. The van der Waals surface area contributed by atoms with Crippen LogP contribution in [0.2, 0.25) is 0 Å². The summed E-state index contributed by atoms with van der Waals surface area (Å²) >= 11 is 0. The fraction of sp³-hybridized carbons (Fsp3) is 0.381. The minimum atomic E-state index is -0.507. The first-order chi connectivity index (χ1) is 13.1. The van der Waals surface area contributed by atoms with E-state index in [1.807, 2.05) is 11.9 Å². The van der Waals surface area contributed by atoms with Crippen LogP contribution in [0.25, 0.3) is 0 Å². The molecule has 7 heteroatoms. The largest absolute Gasteiger partial charge is 0.494 e. The number of hydrogen-bond donors (Lipinski definition) is 1. The first-order valence-electron chi connectivity index (χ1n) is 9.00. The summed E-state index contributed by atoms with van der Waals surface area (Å²) in [5.41, 5.74) is 2.80. The standard InChI is InChI=1S/C21H27N3O4/c1-21(2,3)16-8-6-15(7-9-16)13-23(4)14-20(25)22-18-11-10-17(24(26)27)12-19(18)28-5/h6-12H,13-14H2,1-5H3,(H,22,25). The van der Waals surface area contributed by atoms with Gasteiger partial charge >= 0.3 is 0 Å². The van der Waals surface area contributed by atoms with Gasteiger partial charge in [0.25, 0.3) is 5.69 Å². The summed E-state index contributed by atoms with van der Waals surface area (Å²) < 4.78 is 5.14. The van der Waals surface area contributed by atoms with Gasteiger partial charge in [0.05, 0.1) is 30.3 Å². The van der Waals surface area contributed by atoms with Crippen molar-refractivity contribution in [2.45, 2.75) is 32.7 Å². The highest BCUT2D eigenvalue weighted by molar-refractivity contribution is 5.93. The minimum absolute atomic E-state index is 0.0920. The van der Waals surface area contributed by atoms with E-state index in [1.54, 1.807) is 0 Å². The van der Waals surface area contributed by atoms with E-state index in [0.717, 1.165) is 5.56 Å². The molecule has 0 atom stereocenters. The van der Waals surface area contributed by atoms with E-state index >= 15 is 0 Å². The summed E-state index contributed by atoms with van der Waals surface area (Å²) in [6.45, 7) is 7.33. The van der Waals surface area contributed by atoms with Crippen molar-refractivity contribution < 1.29 is 14.5 Å².